The number of hydrogen-bond acceptors (Lipinski definition) is 4. The molecular formula is C16H22N4O3S. The highest BCUT2D eigenvalue weighted by atomic mass is 32.2. The van der Waals surface area contributed by atoms with Crippen LogP contribution in [0, 0.1) is 5.92 Å². The number of nitrogens with one attached hydrogen (secondary N) is 2. The predicted molar refractivity (Wildman–Crippen MR) is 91.8 cm³/mol. The summed E-state index contributed by atoms with van der Waals surface area (Å²) in [5, 5.41) is 2.94. The largest absolute Gasteiger partial charge is 0.346 e. The quantitative estimate of drug-likeness (QED) is 0.871. The third-order valence-electron chi connectivity index (χ3n) is 4.40. The lowest BCUT2D eigenvalue weighted by Crippen LogP contribution is -2.45. The predicted octanol–water partition coefficient (Wildman–Crippen LogP) is 1.41. The molecule has 1 aromatic heterocycles. The number of fused-ring (bicyclic) bond motifs is 1. The van der Waals surface area contributed by atoms with Crippen LogP contribution in [-0.4, -0.2) is 47.9 Å². The molecule has 0 spiro atoms. The Kier molecular flexibility index (Phi) is 4.60. The van der Waals surface area contributed by atoms with Crippen molar-refractivity contribution < 1.29 is 13.2 Å². The number of imidazole rings is 1. The van der Waals surface area contributed by atoms with E-state index in [1.165, 1.54) is 10.6 Å². The zero-order valence-electron chi connectivity index (χ0n) is 13.8. The Balaban J connectivity index is 1.67. The average Bonchev–Trinajstić information content (AvgIpc) is 2.98. The van der Waals surface area contributed by atoms with Crippen LogP contribution in [0.3, 0.4) is 0 Å². The normalized spacial score (nSPS) is 20.8. The van der Waals surface area contributed by atoms with Gasteiger partial charge in [0.05, 0.1) is 29.2 Å². The Morgan fingerprint density at radius 1 is 1.42 bits per heavy atom. The molecule has 2 aromatic rings. The van der Waals surface area contributed by atoms with Crippen molar-refractivity contribution in [2.45, 2.75) is 25.8 Å². The summed E-state index contributed by atoms with van der Waals surface area (Å²) in [6, 6.07) is 7.42. The van der Waals surface area contributed by atoms with E-state index in [4.69, 9.17) is 0 Å². The first-order chi connectivity index (χ1) is 11.3. The van der Waals surface area contributed by atoms with E-state index < -0.39 is 10.0 Å². The van der Waals surface area contributed by atoms with E-state index in [0.717, 1.165) is 11.0 Å². The molecule has 130 valence electrons. The highest BCUT2D eigenvalue weighted by Crippen LogP contribution is 2.21. The number of carbonyl (C=O) groups is 1. The summed E-state index contributed by atoms with van der Waals surface area (Å²) in [5.41, 5.74) is 1.78. The van der Waals surface area contributed by atoms with E-state index in [-0.39, 0.29) is 24.4 Å². The molecule has 2 heterocycles. The van der Waals surface area contributed by atoms with Crippen molar-refractivity contribution in [3.8, 4) is 0 Å². The number of rotatable bonds is 4. The van der Waals surface area contributed by atoms with Gasteiger partial charge in [-0.15, -0.1) is 0 Å². The maximum atomic E-state index is 12.5. The summed E-state index contributed by atoms with van der Waals surface area (Å²) in [4.78, 5) is 20.2. The van der Waals surface area contributed by atoms with Gasteiger partial charge in [0.1, 0.15) is 5.82 Å². The van der Waals surface area contributed by atoms with Crippen LogP contribution in [0.5, 0.6) is 0 Å². The Hall–Kier alpha value is -1.93. The third-order valence-corrected chi connectivity index (χ3v) is 5.67. The van der Waals surface area contributed by atoms with Crippen LogP contribution in [-0.2, 0) is 14.8 Å². The van der Waals surface area contributed by atoms with Gasteiger partial charge in [-0.25, -0.2) is 17.7 Å². The minimum Gasteiger partial charge on any atom is -0.346 e. The molecule has 0 aliphatic carbocycles. The van der Waals surface area contributed by atoms with Crippen molar-refractivity contribution in [2.24, 2.45) is 5.92 Å². The molecule has 1 aliphatic heterocycles. The van der Waals surface area contributed by atoms with Gasteiger partial charge in [-0.3, -0.25) is 4.79 Å². The SMILES string of the molecule is CC(NC(=O)C1CCCN(S(C)(=O)=O)C1)c1nc2ccccc2[nH]1. The van der Waals surface area contributed by atoms with Gasteiger partial charge in [-0.1, -0.05) is 12.1 Å². The van der Waals surface area contributed by atoms with Crippen LogP contribution in [0.1, 0.15) is 31.6 Å². The maximum Gasteiger partial charge on any atom is 0.225 e. The average molecular weight is 350 g/mol. The first-order valence-electron chi connectivity index (χ1n) is 8.05. The fourth-order valence-electron chi connectivity index (χ4n) is 3.03. The summed E-state index contributed by atoms with van der Waals surface area (Å²) in [7, 11) is -3.26. The number of amides is 1. The summed E-state index contributed by atoms with van der Waals surface area (Å²) in [6.07, 6.45) is 2.58. The number of nitrogens with zero attached hydrogens (tertiary/aromatic N) is 2. The standard InChI is InChI=1S/C16H22N4O3S/c1-11(15-18-13-7-3-4-8-14(13)19-15)17-16(21)12-6-5-9-20(10-12)24(2,22)23/h3-4,7-8,11-12H,5-6,9-10H2,1-2H3,(H,17,21)(H,18,19). The molecule has 0 radical (unpaired) electrons. The van der Waals surface area contributed by atoms with E-state index in [9.17, 15) is 13.2 Å². The van der Waals surface area contributed by atoms with Crippen molar-refractivity contribution in [1.82, 2.24) is 19.6 Å². The minimum atomic E-state index is -3.26. The van der Waals surface area contributed by atoms with E-state index >= 15 is 0 Å². The Bertz CT molecular complexity index is 813. The fraction of sp³-hybridized carbons (Fsp3) is 0.500. The molecular weight excluding hydrogens is 328 g/mol. The lowest BCUT2D eigenvalue weighted by Gasteiger charge is -2.30. The Morgan fingerprint density at radius 3 is 2.88 bits per heavy atom. The van der Waals surface area contributed by atoms with Gasteiger partial charge in [0, 0.05) is 13.1 Å². The molecule has 1 saturated heterocycles. The molecule has 0 saturated carbocycles. The van der Waals surface area contributed by atoms with Gasteiger partial charge < -0.3 is 10.3 Å². The molecule has 1 aliphatic rings. The first kappa shape index (κ1) is 16.9. The van der Waals surface area contributed by atoms with Crippen molar-refractivity contribution in [2.75, 3.05) is 19.3 Å². The second-order valence-corrected chi connectivity index (χ2v) is 8.31. The van der Waals surface area contributed by atoms with Crippen LogP contribution in [0.15, 0.2) is 24.3 Å². The second-order valence-electron chi connectivity index (χ2n) is 6.33. The van der Waals surface area contributed by atoms with Gasteiger partial charge in [-0.05, 0) is 31.9 Å². The monoisotopic (exact) mass is 350 g/mol. The number of hydrogen-bond donors (Lipinski definition) is 2. The second kappa shape index (κ2) is 6.52. The Morgan fingerprint density at radius 2 is 2.17 bits per heavy atom. The van der Waals surface area contributed by atoms with Gasteiger partial charge in [0.2, 0.25) is 15.9 Å². The van der Waals surface area contributed by atoms with E-state index in [1.54, 1.807) is 0 Å². The molecule has 2 N–H and O–H groups in total. The molecule has 2 unspecified atom stereocenters. The third kappa shape index (κ3) is 3.59. The molecule has 1 fully saturated rings. The van der Waals surface area contributed by atoms with Gasteiger partial charge in [0.15, 0.2) is 0 Å². The number of piperidine rings is 1. The van der Waals surface area contributed by atoms with Crippen molar-refractivity contribution >= 4 is 27.0 Å². The number of H-pyrrole nitrogens is 1. The van der Waals surface area contributed by atoms with Crippen molar-refractivity contribution in [3.05, 3.63) is 30.1 Å². The number of carbonyl (C=O) groups excluding carboxylic acids is 1. The van der Waals surface area contributed by atoms with Crippen LogP contribution in [0.25, 0.3) is 11.0 Å². The molecule has 0 bridgehead atoms. The molecule has 7 nitrogen and oxygen atoms in total. The van der Waals surface area contributed by atoms with E-state index in [2.05, 4.69) is 15.3 Å². The molecule has 24 heavy (non-hydrogen) atoms. The number of para-hydroxylation sites is 2. The summed E-state index contributed by atoms with van der Waals surface area (Å²) >= 11 is 0. The molecule has 3 rings (SSSR count). The molecule has 2 atom stereocenters. The van der Waals surface area contributed by atoms with E-state index in [1.807, 2.05) is 31.2 Å². The topological polar surface area (TPSA) is 95.2 Å². The minimum absolute atomic E-state index is 0.128. The summed E-state index contributed by atoms with van der Waals surface area (Å²) in [5.74, 6) is 0.247. The molecule has 1 aromatic carbocycles. The lowest BCUT2D eigenvalue weighted by atomic mass is 9.98. The molecule has 8 heteroatoms. The number of sulfonamides is 1. The zero-order valence-corrected chi connectivity index (χ0v) is 14.6. The van der Waals surface area contributed by atoms with Gasteiger partial charge in [-0.2, -0.15) is 0 Å². The van der Waals surface area contributed by atoms with Crippen LogP contribution in [0.4, 0.5) is 0 Å². The molecule has 1 amide bonds. The summed E-state index contributed by atoms with van der Waals surface area (Å²) in [6.45, 7) is 2.60. The highest BCUT2D eigenvalue weighted by molar-refractivity contribution is 7.88. The number of aromatic amines is 1. The van der Waals surface area contributed by atoms with E-state index in [0.29, 0.717) is 25.2 Å². The van der Waals surface area contributed by atoms with Crippen molar-refractivity contribution in [1.29, 1.82) is 0 Å². The summed E-state index contributed by atoms with van der Waals surface area (Å²) < 4.78 is 24.7. The number of aromatic nitrogens is 2. The Labute approximate surface area is 141 Å². The van der Waals surface area contributed by atoms with Crippen LogP contribution in [0.2, 0.25) is 0 Å². The van der Waals surface area contributed by atoms with Crippen molar-refractivity contribution in [3.63, 3.8) is 0 Å². The van der Waals surface area contributed by atoms with Crippen LogP contribution >= 0.6 is 0 Å². The van der Waals surface area contributed by atoms with Gasteiger partial charge in [0.25, 0.3) is 0 Å². The first-order valence-corrected chi connectivity index (χ1v) is 9.89. The fourth-order valence-corrected chi connectivity index (χ4v) is 3.95. The van der Waals surface area contributed by atoms with Gasteiger partial charge >= 0.3 is 0 Å². The van der Waals surface area contributed by atoms with Crippen LogP contribution < -0.4 is 5.32 Å². The smallest absolute Gasteiger partial charge is 0.225 e. The lowest BCUT2D eigenvalue weighted by molar-refractivity contribution is -0.126. The zero-order chi connectivity index (χ0) is 17.3. The highest BCUT2D eigenvalue weighted by Gasteiger charge is 2.31. The number of benzene rings is 1. The maximum absolute atomic E-state index is 12.5.